The summed E-state index contributed by atoms with van der Waals surface area (Å²) >= 11 is 0. The maximum absolute atomic E-state index is 6.08. The second-order valence-electron chi connectivity index (χ2n) is 5.96. The molecule has 2 nitrogen and oxygen atoms in total. The van der Waals surface area contributed by atoms with Gasteiger partial charge in [0.1, 0.15) is 0 Å². The third-order valence-electron chi connectivity index (χ3n) is 4.39. The van der Waals surface area contributed by atoms with Crippen molar-refractivity contribution in [3.8, 4) is 0 Å². The first-order chi connectivity index (χ1) is 10.4. The lowest BCUT2D eigenvalue weighted by Crippen LogP contribution is -2.31. The van der Waals surface area contributed by atoms with Gasteiger partial charge in [0.15, 0.2) is 0 Å². The molecule has 2 heteroatoms. The van der Waals surface area contributed by atoms with Crippen molar-refractivity contribution in [3.05, 3.63) is 48.0 Å². The molecule has 0 amide bonds. The molecule has 0 bridgehead atoms. The predicted octanol–water partition coefficient (Wildman–Crippen LogP) is 4.45. The van der Waals surface area contributed by atoms with Crippen molar-refractivity contribution in [2.45, 2.75) is 44.8 Å². The van der Waals surface area contributed by atoms with E-state index in [9.17, 15) is 0 Å². The van der Waals surface area contributed by atoms with Crippen LogP contribution in [0.3, 0.4) is 0 Å². The SMILES string of the molecule is CCCNC(COC1CCC1)c1cccc2ccccc12. The second kappa shape index (κ2) is 7.06. The summed E-state index contributed by atoms with van der Waals surface area (Å²) in [7, 11) is 0. The Labute approximate surface area is 127 Å². The third kappa shape index (κ3) is 3.45. The van der Waals surface area contributed by atoms with Gasteiger partial charge < -0.3 is 10.1 Å². The van der Waals surface area contributed by atoms with Crippen LogP contribution >= 0.6 is 0 Å². The quantitative estimate of drug-likeness (QED) is 0.810. The summed E-state index contributed by atoms with van der Waals surface area (Å²) in [4.78, 5) is 0. The molecule has 1 atom stereocenters. The van der Waals surface area contributed by atoms with Crippen molar-refractivity contribution in [1.29, 1.82) is 0 Å². The van der Waals surface area contributed by atoms with Crippen LogP contribution in [0.4, 0.5) is 0 Å². The Balaban J connectivity index is 1.81. The van der Waals surface area contributed by atoms with Gasteiger partial charge in [-0.3, -0.25) is 0 Å². The fraction of sp³-hybridized carbons (Fsp3) is 0.474. The lowest BCUT2D eigenvalue weighted by atomic mass is 9.95. The van der Waals surface area contributed by atoms with E-state index in [2.05, 4.69) is 54.7 Å². The number of benzene rings is 2. The summed E-state index contributed by atoms with van der Waals surface area (Å²) in [6.07, 6.45) is 5.42. The molecule has 1 fully saturated rings. The highest BCUT2D eigenvalue weighted by Crippen LogP contribution is 2.27. The van der Waals surface area contributed by atoms with Crippen LogP contribution in [0.2, 0.25) is 0 Å². The van der Waals surface area contributed by atoms with E-state index >= 15 is 0 Å². The Morgan fingerprint density at radius 3 is 2.71 bits per heavy atom. The third-order valence-corrected chi connectivity index (χ3v) is 4.39. The Kier molecular flexibility index (Phi) is 4.89. The van der Waals surface area contributed by atoms with Crippen LogP contribution in [-0.2, 0) is 4.74 Å². The van der Waals surface area contributed by atoms with E-state index in [0.717, 1.165) is 19.6 Å². The van der Waals surface area contributed by atoms with Gasteiger partial charge in [0.05, 0.1) is 18.8 Å². The highest BCUT2D eigenvalue weighted by atomic mass is 16.5. The molecule has 3 rings (SSSR count). The Morgan fingerprint density at radius 1 is 1.14 bits per heavy atom. The molecule has 2 aromatic rings. The minimum absolute atomic E-state index is 0.289. The maximum atomic E-state index is 6.08. The van der Waals surface area contributed by atoms with Crippen LogP contribution in [0.5, 0.6) is 0 Å². The van der Waals surface area contributed by atoms with Crippen LogP contribution in [0.1, 0.15) is 44.2 Å². The van der Waals surface area contributed by atoms with Gasteiger partial charge in [-0.05, 0) is 48.6 Å². The highest BCUT2D eigenvalue weighted by molar-refractivity contribution is 5.86. The van der Waals surface area contributed by atoms with Crippen LogP contribution in [-0.4, -0.2) is 19.3 Å². The number of fused-ring (bicyclic) bond motifs is 1. The minimum atomic E-state index is 0.289. The van der Waals surface area contributed by atoms with E-state index in [-0.39, 0.29) is 6.04 Å². The molecule has 1 saturated carbocycles. The molecule has 1 aliphatic carbocycles. The number of hydrogen-bond donors (Lipinski definition) is 1. The molecule has 112 valence electrons. The van der Waals surface area contributed by atoms with E-state index in [0.29, 0.717) is 6.10 Å². The summed E-state index contributed by atoms with van der Waals surface area (Å²) in [5.41, 5.74) is 1.36. The highest BCUT2D eigenvalue weighted by Gasteiger charge is 2.21. The van der Waals surface area contributed by atoms with Crippen molar-refractivity contribution < 1.29 is 4.74 Å². The van der Waals surface area contributed by atoms with Gasteiger partial charge in [-0.2, -0.15) is 0 Å². The van der Waals surface area contributed by atoms with E-state index in [1.54, 1.807) is 0 Å². The zero-order valence-electron chi connectivity index (χ0n) is 12.8. The number of rotatable bonds is 7. The molecule has 0 aliphatic heterocycles. The first-order valence-corrected chi connectivity index (χ1v) is 8.21. The Bertz CT molecular complexity index is 571. The summed E-state index contributed by atoms with van der Waals surface area (Å²) in [6.45, 7) is 4.01. The largest absolute Gasteiger partial charge is 0.376 e. The molecule has 0 radical (unpaired) electrons. The van der Waals surface area contributed by atoms with E-state index in [1.165, 1.54) is 35.6 Å². The zero-order chi connectivity index (χ0) is 14.5. The number of ether oxygens (including phenoxy) is 1. The first-order valence-electron chi connectivity index (χ1n) is 8.21. The molecule has 21 heavy (non-hydrogen) atoms. The topological polar surface area (TPSA) is 21.3 Å². The molecule has 1 aliphatic rings. The van der Waals surface area contributed by atoms with Gasteiger partial charge in [0.2, 0.25) is 0 Å². The summed E-state index contributed by atoms with van der Waals surface area (Å²) < 4.78 is 6.08. The van der Waals surface area contributed by atoms with Crippen molar-refractivity contribution >= 4 is 10.8 Å². The average Bonchev–Trinajstić information content (AvgIpc) is 2.48. The monoisotopic (exact) mass is 283 g/mol. The van der Waals surface area contributed by atoms with Crippen molar-refractivity contribution in [1.82, 2.24) is 5.32 Å². The van der Waals surface area contributed by atoms with Gasteiger partial charge >= 0.3 is 0 Å². The summed E-state index contributed by atoms with van der Waals surface area (Å²) in [5, 5.41) is 6.30. The van der Waals surface area contributed by atoms with Gasteiger partial charge in [-0.15, -0.1) is 0 Å². The smallest absolute Gasteiger partial charge is 0.0665 e. The summed E-state index contributed by atoms with van der Waals surface area (Å²) in [5.74, 6) is 0. The Morgan fingerprint density at radius 2 is 1.95 bits per heavy atom. The predicted molar refractivity (Wildman–Crippen MR) is 88.6 cm³/mol. The average molecular weight is 283 g/mol. The Hall–Kier alpha value is -1.38. The van der Waals surface area contributed by atoms with Crippen molar-refractivity contribution in [2.75, 3.05) is 13.2 Å². The maximum Gasteiger partial charge on any atom is 0.0665 e. The zero-order valence-corrected chi connectivity index (χ0v) is 12.8. The normalized spacial score (nSPS) is 16.8. The molecule has 0 saturated heterocycles. The fourth-order valence-corrected chi connectivity index (χ4v) is 2.90. The molecule has 2 aromatic carbocycles. The van der Waals surface area contributed by atoms with Crippen molar-refractivity contribution in [2.24, 2.45) is 0 Å². The lowest BCUT2D eigenvalue weighted by Gasteiger charge is -2.29. The van der Waals surface area contributed by atoms with Crippen LogP contribution in [0.25, 0.3) is 10.8 Å². The van der Waals surface area contributed by atoms with Crippen LogP contribution < -0.4 is 5.32 Å². The molecular weight excluding hydrogens is 258 g/mol. The first kappa shape index (κ1) is 14.6. The van der Waals surface area contributed by atoms with E-state index in [1.807, 2.05) is 0 Å². The number of nitrogens with one attached hydrogen (secondary N) is 1. The summed E-state index contributed by atoms with van der Waals surface area (Å²) in [6, 6.07) is 15.5. The molecule has 0 aromatic heterocycles. The molecule has 1 N–H and O–H groups in total. The van der Waals surface area contributed by atoms with Crippen LogP contribution in [0.15, 0.2) is 42.5 Å². The molecule has 0 heterocycles. The van der Waals surface area contributed by atoms with Gasteiger partial charge in [-0.1, -0.05) is 49.4 Å². The minimum Gasteiger partial charge on any atom is -0.376 e. The van der Waals surface area contributed by atoms with Crippen LogP contribution in [0, 0.1) is 0 Å². The van der Waals surface area contributed by atoms with Crippen molar-refractivity contribution in [3.63, 3.8) is 0 Å². The number of hydrogen-bond acceptors (Lipinski definition) is 2. The molecule has 0 spiro atoms. The van der Waals surface area contributed by atoms with Gasteiger partial charge in [0, 0.05) is 0 Å². The van der Waals surface area contributed by atoms with Gasteiger partial charge in [0.25, 0.3) is 0 Å². The van der Waals surface area contributed by atoms with Gasteiger partial charge in [-0.25, -0.2) is 0 Å². The van der Waals surface area contributed by atoms with E-state index < -0.39 is 0 Å². The fourth-order valence-electron chi connectivity index (χ4n) is 2.90. The lowest BCUT2D eigenvalue weighted by molar-refractivity contribution is -0.00860. The van der Waals surface area contributed by atoms with E-state index in [4.69, 9.17) is 4.74 Å². The standard InChI is InChI=1S/C19H25NO/c1-2-13-20-19(14-21-16-9-6-10-16)18-12-5-8-15-7-3-4-11-17(15)18/h3-5,7-8,11-12,16,19-20H,2,6,9-10,13-14H2,1H3. The molecule has 1 unspecified atom stereocenters. The molecular formula is C19H25NO. The second-order valence-corrected chi connectivity index (χ2v) is 5.96.